The minimum Gasteiger partial charge on any atom is -0.361 e. The molecule has 0 spiro atoms. The molecule has 1 aliphatic rings. The van der Waals surface area contributed by atoms with Gasteiger partial charge in [0.15, 0.2) is 0 Å². The van der Waals surface area contributed by atoms with E-state index >= 15 is 0 Å². The van der Waals surface area contributed by atoms with E-state index in [1.54, 1.807) is 0 Å². The minimum atomic E-state index is -0.0591. The fourth-order valence-electron chi connectivity index (χ4n) is 4.12. The number of carbonyl (C=O) groups excluding carboxylic acids is 1. The number of rotatable bonds is 5. The Labute approximate surface area is 181 Å². The summed E-state index contributed by atoms with van der Waals surface area (Å²) in [6, 6.07) is 13.6. The van der Waals surface area contributed by atoms with Crippen molar-refractivity contribution in [3.05, 3.63) is 69.8 Å². The Morgan fingerprint density at radius 2 is 1.72 bits per heavy atom. The fourth-order valence-corrected chi connectivity index (χ4v) is 4.42. The second-order valence-corrected chi connectivity index (χ2v) is 8.43. The number of hydrogen-bond donors (Lipinski definition) is 1. The van der Waals surface area contributed by atoms with E-state index < -0.39 is 0 Å². The first-order chi connectivity index (χ1) is 14.0. The molecule has 6 heteroatoms. The smallest absolute Gasteiger partial charge is 0.223 e. The van der Waals surface area contributed by atoms with Gasteiger partial charge in [-0.05, 0) is 48.0 Å². The van der Waals surface area contributed by atoms with Gasteiger partial charge in [0.1, 0.15) is 0 Å². The Bertz CT molecular complexity index is 991. The van der Waals surface area contributed by atoms with E-state index in [0.29, 0.717) is 16.5 Å². The van der Waals surface area contributed by atoms with Gasteiger partial charge in [-0.3, -0.25) is 4.79 Å². The molecule has 0 aliphatic carbocycles. The van der Waals surface area contributed by atoms with Crippen LogP contribution in [0.15, 0.2) is 48.7 Å². The molecule has 0 unspecified atom stereocenters. The van der Waals surface area contributed by atoms with Gasteiger partial charge >= 0.3 is 0 Å². The molecule has 0 bridgehead atoms. The number of H-pyrrole nitrogens is 1. The number of piperazine rings is 1. The average molecular weight is 430 g/mol. The summed E-state index contributed by atoms with van der Waals surface area (Å²) in [7, 11) is 0. The highest BCUT2D eigenvalue weighted by Gasteiger charge is 2.26. The number of benzene rings is 2. The van der Waals surface area contributed by atoms with E-state index in [-0.39, 0.29) is 11.8 Å². The number of amides is 1. The van der Waals surface area contributed by atoms with Gasteiger partial charge in [-0.2, -0.15) is 0 Å². The number of fused-ring (bicyclic) bond motifs is 1. The summed E-state index contributed by atoms with van der Waals surface area (Å²) < 4.78 is 0. The monoisotopic (exact) mass is 429 g/mol. The summed E-state index contributed by atoms with van der Waals surface area (Å²) in [5.41, 5.74) is 3.19. The van der Waals surface area contributed by atoms with Crippen LogP contribution in [-0.4, -0.2) is 53.4 Å². The molecular formula is C23H25Cl2N3O. The van der Waals surface area contributed by atoms with Crippen LogP contribution in [0.4, 0.5) is 0 Å². The minimum absolute atomic E-state index is 0.0591. The van der Waals surface area contributed by atoms with Gasteiger partial charge in [0.25, 0.3) is 0 Å². The van der Waals surface area contributed by atoms with Crippen molar-refractivity contribution in [2.24, 2.45) is 0 Å². The first kappa shape index (κ1) is 20.3. The number of hydrogen-bond acceptors (Lipinski definition) is 2. The molecule has 152 valence electrons. The molecule has 1 N–H and O–H groups in total. The number of aromatic nitrogens is 1. The molecule has 29 heavy (non-hydrogen) atoms. The van der Waals surface area contributed by atoms with Crippen LogP contribution in [0.1, 0.15) is 30.4 Å². The highest BCUT2D eigenvalue weighted by molar-refractivity contribution is 6.31. The molecule has 0 radical (unpaired) electrons. The predicted octanol–water partition coefficient (Wildman–Crippen LogP) is 5.16. The van der Waals surface area contributed by atoms with E-state index in [2.05, 4.69) is 16.8 Å². The van der Waals surface area contributed by atoms with Crippen LogP contribution in [0, 0.1) is 0 Å². The molecule has 4 nitrogen and oxygen atoms in total. The Morgan fingerprint density at radius 1 is 1.03 bits per heavy atom. The molecule has 0 saturated carbocycles. The standard InChI is InChI=1S/C23H25Cl2N3O/c1-2-27-9-11-28(12-10-27)23(29)14-19(16-3-5-17(24)6-4-16)21-15-26-22-8-7-18(25)13-20(21)22/h3-8,13,15,19,26H,2,9-12,14H2,1H3/t19-/m0/s1. The number of carbonyl (C=O) groups is 1. The van der Waals surface area contributed by atoms with Crippen molar-refractivity contribution in [2.75, 3.05) is 32.7 Å². The third-order valence-electron chi connectivity index (χ3n) is 5.87. The van der Waals surface area contributed by atoms with Gasteiger partial charge in [-0.25, -0.2) is 0 Å². The molecule has 2 aromatic carbocycles. The van der Waals surface area contributed by atoms with Gasteiger partial charge in [0, 0.05) is 65.7 Å². The Morgan fingerprint density at radius 3 is 2.41 bits per heavy atom. The lowest BCUT2D eigenvalue weighted by molar-refractivity contribution is -0.133. The molecule has 1 saturated heterocycles. The lowest BCUT2D eigenvalue weighted by atomic mass is 9.87. The molecule has 1 aliphatic heterocycles. The van der Waals surface area contributed by atoms with Crippen LogP contribution in [-0.2, 0) is 4.79 Å². The zero-order valence-corrected chi connectivity index (χ0v) is 18.0. The Hall–Kier alpha value is -2.01. The number of aromatic amines is 1. The third-order valence-corrected chi connectivity index (χ3v) is 6.36. The summed E-state index contributed by atoms with van der Waals surface area (Å²) in [6.45, 7) is 6.66. The predicted molar refractivity (Wildman–Crippen MR) is 120 cm³/mol. The fraction of sp³-hybridized carbons (Fsp3) is 0.348. The van der Waals surface area contributed by atoms with Gasteiger partial charge < -0.3 is 14.8 Å². The van der Waals surface area contributed by atoms with E-state index in [9.17, 15) is 4.79 Å². The van der Waals surface area contributed by atoms with Crippen molar-refractivity contribution in [3.8, 4) is 0 Å². The molecule has 2 heterocycles. The van der Waals surface area contributed by atoms with Gasteiger partial charge in [0.2, 0.25) is 5.91 Å². The van der Waals surface area contributed by atoms with E-state index in [1.165, 1.54) is 0 Å². The summed E-state index contributed by atoms with van der Waals surface area (Å²) in [5, 5.41) is 2.44. The second kappa shape index (κ2) is 8.78. The summed E-state index contributed by atoms with van der Waals surface area (Å²) in [6.07, 6.45) is 2.43. The summed E-state index contributed by atoms with van der Waals surface area (Å²) in [5.74, 6) is 0.133. The summed E-state index contributed by atoms with van der Waals surface area (Å²) in [4.78, 5) is 20.9. The van der Waals surface area contributed by atoms with Gasteiger partial charge in [-0.15, -0.1) is 0 Å². The van der Waals surface area contributed by atoms with Crippen molar-refractivity contribution >= 4 is 40.0 Å². The topological polar surface area (TPSA) is 39.3 Å². The van der Waals surface area contributed by atoms with Crippen LogP contribution in [0.25, 0.3) is 10.9 Å². The third kappa shape index (κ3) is 4.45. The first-order valence-corrected chi connectivity index (χ1v) is 10.8. The van der Waals surface area contributed by atoms with Crippen molar-refractivity contribution in [1.29, 1.82) is 0 Å². The van der Waals surface area contributed by atoms with Gasteiger partial charge in [0.05, 0.1) is 0 Å². The number of halogens is 2. The first-order valence-electron chi connectivity index (χ1n) is 10.1. The SMILES string of the molecule is CCN1CCN(C(=O)C[C@@H](c2ccc(Cl)cc2)c2c[nH]c3ccc(Cl)cc23)CC1. The molecule has 1 aromatic heterocycles. The van der Waals surface area contributed by atoms with Crippen LogP contribution in [0.2, 0.25) is 10.0 Å². The maximum absolute atomic E-state index is 13.2. The zero-order chi connectivity index (χ0) is 20.4. The Balaban J connectivity index is 1.65. The number of nitrogens with one attached hydrogen (secondary N) is 1. The van der Waals surface area contributed by atoms with Crippen LogP contribution >= 0.6 is 23.2 Å². The molecule has 4 rings (SSSR count). The highest BCUT2D eigenvalue weighted by atomic mass is 35.5. The maximum Gasteiger partial charge on any atom is 0.223 e. The molecule has 1 amide bonds. The summed E-state index contributed by atoms with van der Waals surface area (Å²) >= 11 is 12.4. The normalized spacial score (nSPS) is 16.3. The second-order valence-electron chi connectivity index (χ2n) is 7.56. The van der Waals surface area contributed by atoms with Crippen LogP contribution < -0.4 is 0 Å². The van der Waals surface area contributed by atoms with Crippen LogP contribution in [0.5, 0.6) is 0 Å². The molecule has 1 atom stereocenters. The van der Waals surface area contributed by atoms with E-state index in [4.69, 9.17) is 23.2 Å². The van der Waals surface area contributed by atoms with E-state index in [1.807, 2.05) is 53.6 Å². The van der Waals surface area contributed by atoms with Crippen molar-refractivity contribution < 1.29 is 4.79 Å². The lowest BCUT2D eigenvalue weighted by Gasteiger charge is -2.34. The van der Waals surface area contributed by atoms with E-state index in [0.717, 1.165) is 54.8 Å². The van der Waals surface area contributed by atoms with Crippen molar-refractivity contribution in [1.82, 2.24) is 14.8 Å². The molecule has 1 fully saturated rings. The Kier molecular flexibility index (Phi) is 6.14. The molecule has 3 aromatic rings. The van der Waals surface area contributed by atoms with Gasteiger partial charge in [-0.1, -0.05) is 42.3 Å². The van der Waals surface area contributed by atoms with Crippen molar-refractivity contribution in [3.63, 3.8) is 0 Å². The quantitative estimate of drug-likeness (QED) is 0.607. The number of likely N-dealkylation sites (N-methyl/N-ethyl adjacent to an activating group) is 1. The highest BCUT2D eigenvalue weighted by Crippen LogP contribution is 2.35. The number of nitrogens with zero attached hydrogens (tertiary/aromatic N) is 2. The van der Waals surface area contributed by atoms with Crippen LogP contribution in [0.3, 0.4) is 0 Å². The largest absolute Gasteiger partial charge is 0.361 e. The average Bonchev–Trinajstić information content (AvgIpc) is 3.15. The molecular weight excluding hydrogens is 405 g/mol. The lowest BCUT2D eigenvalue weighted by Crippen LogP contribution is -2.48. The van der Waals surface area contributed by atoms with Crippen molar-refractivity contribution in [2.45, 2.75) is 19.3 Å². The zero-order valence-electron chi connectivity index (χ0n) is 16.5. The maximum atomic E-state index is 13.2.